The van der Waals surface area contributed by atoms with Crippen molar-refractivity contribution < 1.29 is 4.39 Å². The molecule has 94 valence electrons. The minimum absolute atomic E-state index is 0.135. The van der Waals surface area contributed by atoms with Gasteiger partial charge in [0.25, 0.3) is 0 Å². The van der Waals surface area contributed by atoms with E-state index < -0.39 is 5.67 Å². The molecule has 0 radical (unpaired) electrons. The van der Waals surface area contributed by atoms with Crippen LogP contribution in [0.15, 0.2) is 0 Å². The summed E-state index contributed by atoms with van der Waals surface area (Å²) in [7, 11) is 0. The number of alkyl halides is 1. The van der Waals surface area contributed by atoms with Crippen molar-refractivity contribution in [2.45, 2.75) is 33.4 Å². The van der Waals surface area contributed by atoms with Crippen LogP contribution in [0.4, 0.5) is 4.39 Å². The Hall–Kier alpha value is -1.60. The summed E-state index contributed by atoms with van der Waals surface area (Å²) in [5, 5.41) is 9.67. The van der Waals surface area contributed by atoms with Gasteiger partial charge in [-0.3, -0.25) is 0 Å². The molecule has 0 aliphatic rings. The summed E-state index contributed by atoms with van der Waals surface area (Å²) in [6.45, 7) is 6.35. The number of nitriles is 1. The van der Waals surface area contributed by atoms with Gasteiger partial charge in [0.1, 0.15) is 17.3 Å². The molecule has 1 N–H and O–H groups in total. The lowest BCUT2D eigenvalue weighted by molar-refractivity contribution is 0.214. The second-order valence-corrected chi connectivity index (χ2v) is 5.21. The van der Waals surface area contributed by atoms with Gasteiger partial charge in [-0.25, -0.2) is 9.37 Å². The number of nitrogens with one attached hydrogen (secondary N) is 1. The van der Waals surface area contributed by atoms with Crippen LogP contribution in [0.2, 0.25) is 5.02 Å². The van der Waals surface area contributed by atoms with Gasteiger partial charge in [-0.05, 0) is 33.3 Å². The quantitative estimate of drug-likeness (QED) is 0.850. The SMILES string of the molecule is Cc1[nH]c2c(C)c(C#N)c(C(C)(C)F)nc2c1Cl. The van der Waals surface area contributed by atoms with E-state index in [4.69, 9.17) is 11.6 Å². The molecular weight excluding hydrogens is 253 g/mol. The molecule has 0 unspecified atom stereocenters. The van der Waals surface area contributed by atoms with Crippen molar-refractivity contribution in [1.82, 2.24) is 9.97 Å². The lowest BCUT2D eigenvalue weighted by Crippen LogP contribution is -2.15. The molecule has 3 nitrogen and oxygen atoms in total. The van der Waals surface area contributed by atoms with E-state index in [0.29, 0.717) is 21.6 Å². The van der Waals surface area contributed by atoms with Gasteiger partial charge in [0, 0.05) is 5.69 Å². The predicted molar refractivity (Wildman–Crippen MR) is 69.4 cm³/mol. The fraction of sp³-hybridized carbons (Fsp3) is 0.385. The topological polar surface area (TPSA) is 52.5 Å². The van der Waals surface area contributed by atoms with E-state index in [2.05, 4.69) is 9.97 Å². The maximum Gasteiger partial charge on any atom is 0.148 e. The summed E-state index contributed by atoms with van der Waals surface area (Å²) in [6, 6.07) is 2.03. The van der Waals surface area contributed by atoms with Crippen LogP contribution >= 0.6 is 11.6 Å². The van der Waals surface area contributed by atoms with E-state index in [1.54, 1.807) is 6.92 Å². The van der Waals surface area contributed by atoms with Crippen molar-refractivity contribution in [2.75, 3.05) is 0 Å². The number of nitrogens with zero attached hydrogens (tertiary/aromatic N) is 2. The largest absolute Gasteiger partial charge is 0.356 e. The Kier molecular flexibility index (Phi) is 2.83. The number of aromatic nitrogens is 2. The van der Waals surface area contributed by atoms with E-state index in [1.807, 2.05) is 13.0 Å². The third-order valence-electron chi connectivity index (χ3n) is 2.97. The number of rotatable bonds is 1. The van der Waals surface area contributed by atoms with Crippen molar-refractivity contribution >= 4 is 22.6 Å². The van der Waals surface area contributed by atoms with E-state index in [1.165, 1.54) is 13.8 Å². The Balaban J connectivity index is 2.97. The second-order valence-electron chi connectivity index (χ2n) is 4.83. The van der Waals surface area contributed by atoms with Crippen LogP contribution in [0, 0.1) is 25.2 Å². The number of H-pyrrole nitrogens is 1. The van der Waals surface area contributed by atoms with Crippen LogP contribution in [-0.4, -0.2) is 9.97 Å². The third kappa shape index (κ3) is 1.75. The normalized spacial score (nSPS) is 11.8. The Labute approximate surface area is 110 Å². The highest BCUT2D eigenvalue weighted by Gasteiger charge is 2.28. The lowest BCUT2D eigenvalue weighted by atomic mass is 9.97. The summed E-state index contributed by atoms with van der Waals surface area (Å²) in [4.78, 5) is 7.32. The molecule has 0 aliphatic carbocycles. The van der Waals surface area contributed by atoms with Crippen LogP contribution in [0.5, 0.6) is 0 Å². The van der Waals surface area contributed by atoms with Crippen LogP contribution in [0.1, 0.15) is 36.4 Å². The fourth-order valence-electron chi connectivity index (χ4n) is 2.00. The Morgan fingerprint density at radius 3 is 2.50 bits per heavy atom. The number of hydrogen-bond donors (Lipinski definition) is 1. The smallest absolute Gasteiger partial charge is 0.148 e. The van der Waals surface area contributed by atoms with E-state index >= 15 is 0 Å². The fourth-order valence-corrected chi connectivity index (χ4v) is 2.19. The molecule has 0 saturated heterocycles. The molecule has 18 heavy (non-hydrogen) atoms. The van der Waals surface area contributed by atoms with Crippen molar-refractivity contribution in [3.63, 3.8) is 0 Å². The van der Waals surface area contributed by atoms with E-state index in [-0.39, 0.29) is 11.3 Å². The molecule has 0 spiro atoms. The maximum atomic E-state index is 14.1. The van der Waals surface area contributed by atoms with Crippen LogP contribution in [0.3, 0.4) is 0 Å². The molecule has 2 rings (SSSR count). The number of fused-ring (bicyclic) bond motifs is 1. The molecule has 2 aromatic heterocycles. The average Bonchev–Trinajstić information content (AvgIpc) is 2.55. The molecule has 0 fully saturated rings. The summed E-state index contributed by atoms with van der Waals surface area (Å²) in [5.41, 5.74) is 1.38. The summed E-state index contributed by atoms with van der Waals surface area (Å²) in [5.74, 6) is 0. The van der Waals surface area contributed by atoms with Gasteiger partial charge in [0.2, 0.25) is 0 Å². The van der Waals surface area contributed by atoms with Gasteiger partial charge in [0.05, 0.1) is 21.8 Å². The minimum atomic E-state index is -1.68. The van der Waals surface area contributed by atoms with Crippen molar-refractivity contribution in [3.8, 4) is 6.07 Å². The maximum absolute atomic E-state index is 14.1. The van der Waals surface area contributed by atoms with Crippen molar-refractivity contribution in [1.29, 1.82) is 5.26 Å². The van der Waals surface area contributed by atoms with Gasteiger partial charge in [-0.15, -0.1) is 0 Å². The van der Waals surface area contributed by atoms with Gasteiger partial charge in [-0.1, -0.05) is 11.6 Å². The monoisotopic (exact) mass is 265 g/mol. The first-order valence-corrected chi connectivity index (χ1v) is 5.93. The van der Waals surface area contributed by atoms with E-state index in [0.717, 1.165) is 5.69 Å². The number of pyridine rings is 1. The van der Waals surface area contributed by atoms with Gasteiger partial charge < -0.3 is 4.98 Å². The molecule has 2 heterocycles. The molecule has 0 amide bonds. The van der Waals surface area contributed by atoms with E-state index in [9.17, 15) is 9.65 Å². The lowest BCUT2D eigenvalue weighted by Gasteiger charge is -2.16. The second kappa shape index (κ2) is 3.96. The summed E-state index contributed by atoms with van der Waals surface area (Å²) in [6.07, 6.45) is 0. The number of halogens is 2. The molecule has 0 bridgehead atoms. The van der Waals surface area contributed by atoms with Crippen molar-refractivity contribution in [3.05, 3.63) is 27.5 Å². The number of hydrogen-bond acceptors (Lipinski definition) is 2. The first-order valence-electron chi connectivity index (χ1n) is 5.55. The third-order valence-corrected chi connectivity index (χ3v) is 3.43. The number of aryl methyl sites for hydroxylation is 2. The highest BCUT2D eigenvalue weighted by Crippen LogP contribution is 2.34. The van der Waals surface area contributed by atoms with Crippen LogP contribution in [-0.2, 0) is 5.67 Å². The van der Waals surface area contributed by atoms with Gasteiger partial charge in [-0.2, -0.15) is 5.26 Å². The molecular formula is C13H13ClFN3. The first kappa shape index (κ1) is 12.8. The first-order chi connectivity index (χ1) is 8.27. The highest BCUT2D eigenvalue weighted by atomic mass is 35.5. The standard InChI is InChI=1S/C13H13ClFN3/c1-6-8(5-16)12(13(3,4)15)18-11-9(14)7(2)17-10(6)11/h17H,1-4H3. The summed E-state index contributed by atoms with van der Waals surface area (Å²) >= 11 is 6.13. The Morgan fingerprint density at radius 1 is 1.39 bits per heavy atom. The predicted octanol–water partition coefficient (Wildman–Crippen LogP) is 3.91. The van der Waals surface area contributed by atoms with Crippen LogP contribution < -0.4 is 0 Å². The molecule has 0 saturated carbocycles. The number of aromatic amines is 1. The molecule has 2 aromatic rings. The zero-order valence-corrected chi connectivity index (χ0v) is 11.4. The van der Waals surface area contributed by atoms with Crippen molar-refractivity contribution in [2.24, 2.45) is 0 Å². The molecule has 0 aromatic carbocycles. The molecule has 0 aliphatic heterocycles. The van der Waals surface area contributed by atoms with Gasteiger partial charge >= 0.3 is 0 Å². The Morgan fingerprint density at radius 2 is 2.00 bits per heavy atom. The molecule has 0 atom stereocenters. The zero-order valence-electron chi connectivity index (χ0n) is 10.7. The Bertz CT molecular complexity index is 674. The average molecular weight is 266 g/mol. The zero-order chi connectivity index (χ0) is 13.7. The minimum Gasteiger partial charge on any atom is -0.356 e. The molecule has 5 heteroatoms. The highest BCUT2D eigenvalue weighted by molar-refractivity contribution is 6.36. The van der Waals surface area contributed by atoms with Gasteiger partial charge in [0.15, 0.2) is 0 Å². The summed E-state index contributed by atoms with van der Waals surface area (Å²) < 4.78 is 14.1. The van der Waals surface area contributed by atoms with Crippen LogP contribution in [0.25, 0.3) is 11.0 Å².